The molecule has 140 valence electrons. The number of halogens is 1. The number of aryl methyl sites for hydroxylation is 2. The van der Waals surface area contributed by atoms with Crippen LogP contribution in [0.2, 0.25) is 5.02 Å². The van der Waals surface area contributed by atoms with Crippen LogP contribution in [0.1, 0.15) is 22.5 Å². The molecule has 1 aromatic carbocycles. The molecular formula is C20H21ClN4O2. The number of rotatable bonds is 2. The second-order valence-electron chi connectivity index (χ2n) is 7.01. The number of carbonyl (C=O) groups is 1. The minimum absolute atomic E-state index is 0.150. The molecule has 27 heavy (non-hydrogen) atoms. The van der Waals surface area contributed by atoms with E-state index in [1.54, 1.807) is 4.90 Å². The Morgan fingerprint density at radius 1 is 1.22 bits per heavy atom. The number of fused-ring (bicyclic) bond motifs is 3. The lowest BCUT2D eigenvalue weighted by atomic mass is 10.1. The van der Waals surface area contributed by atoms with Gasteiger partial charge in [-0.1, -0.05) is 17.7 Å². The molecule has 3 heterocycles. The summed E-state index contributed by atoms with van der Waals surface area (Å²) in [6.07, 6.45) is 0. The Bertz CT molecular complexity index is 1100. The average molecular weight is 385 g/mol. The van der Waals surface area contributed by atoms with E-state index in [0.717, 1.165) is 34.4 Å². The maximum Gasteiger partial charge on any atom is 0.318 e. The fourth-order valence-corrected chi connectivity index (χ4v) is 3.89. The zero-order chi connectivity index (χ0) is 19.1. The summed E-state index contributed by atoms with van der Waals surface area (Å²) >= 11 is 6.12. The fraction of sp³-hybridized carbons (Fsp3) is 0.300. The smallest absolute Gasteiger partial charge is 0.318 e. The molecule has 0 fully saturated rings. The Morgan fingerprint density at radius 2 is 2.04 bits per heavy atom. The topological polar surface area (TPSA) is 70.1 Å². The largest absolute Gasteiger partial charge is 0.341 e. The zero-order valence-electron chi connectivity index (χ0n) is 15.3. The molecule has 0 aliphatic carbocycles. The summed E-state index contributed by atoms with van der Waals surface area (Å²) in [5.74, 6) is 0. The molecule has 0 unspecified atom stereocenters. The van der Waals surface area contributed by atoms with E-state index in [1.807, 2.05) is 38.1 Å². The number of nitrogens with one attached hydrogen (secondary N) is 2. The Hall–Kier alpha value is -2.73. The van der Waals surface area contributed by atoms with Crippen molar-refractivity contribution in [3.8, 4) is 0 Å². The monoisotopic (exact) mass is 384 g/mol. The Morgan fingerprint density at radius 3 is 2.81 bits per heavy atom. The molecule has 4 rings (SSSR count). The number of nitrogens with zero attached hydrogens (tertiary/aromatic N) is 2. The number of benzene rings is 1. The molecule has 6 nitrogen and oxygen atoms in total. The zero-order valence-corrected chi connectivity index (χ0v) is 16.1. The number of hydrogen-bond acceptors (Lipinski definition) is 2. The van der Waals surface area contributed by atoms with Crippen molar-refractivity contribution >= 4 is 28.5 Å². The SMILES string of the molecule is Cc1cc(C)c(CNC(=O)N2CCn3c(cc4ccc(Cl)cc43)C2)c(=O)[nH]1. The minimum atomic E-state index is -0.163. The number of H-pyrrole nitrogens is 1. The first-order valence-electron chi connectivity index (χ1n) is 8.92. The van der Waals surface area contributed by atoms with Gasteiger partial charge in [-0.2, -0.15) is 0 Å². The van der Waals surface area contributed by atoms with Crippen LogP contribution in [0.25, 0.3) is 10.9 Å². The summed E-state index contributed by atoms with van der Waals surface area (Å²) in [7, 11) is 0. The van der Waals surface area contributed by atoms with E-state index >= 15 is 0 Å². The summed E-state index contributed by atoms with van der Waals surface area (Å²) in [5, 5.41) is 4.71. The molecule has 7 heteroatoms. The van der Waals surface area contributed by atoms with Gasteiger partial charge in [0.2, 0.25) is 0 Å². The highest BCUT2D eigenvalue weighted by molar-refractivity contribution is 6.31. The minimum Gasteiger partial charge on any atom is -0.341 e. The maximum absolute atomic E-state index is 12.6. The van der Waals surface area contributed by atoms with Crippen LogP contribution in [0.15, 0.2) is 35.1 Å². The first kappa shape index (κ1) is 17.7. The van der Waals surface area contributed by atoms with Gasteiger partial charge in [-0.15, -0.1) is 0 Å². The molecule has 0 saturated heterocycles. The predicted molar refractivity (Wildman–Crippen MR) is 106 cm³/mol. The normalized spacial score (nSPS) is 13.7. The number of pyridine rings is 1. The molecule has 2 aromatic heterocycles. The van der Waals surface area contributed by atoms with Gasteiger partial charge in [0.25, 0.3) is 5.56 Å². The molecule has 1 aliphatic rings. The standard InChI is InChI=1S/C20H21ClN4O2/c1-12-7-13(2)23-19(26)17(12)10-22-20(27)24-5-6-25-16(11-24)8-14-3-4-15(21)9-18(14)25/h3-4,7-9H,5-6,10-11H2,1-2H3,(H,22,27)(H,23,26). The summed E-state index contributed by atoms with van der Waals surface area (Å²) in [5.41, 5.74) is 4.32. The summed E-state index contributed by atoms with van der Waals surface area (Å²) in [6, 6.07) is 9.68. The van der Waals surface area contributed by atoms with Crippen molar-refractivity contribution in [2.75, 3.05) is 6.54 Å². The van der Waals surface area contributed by atoms with Crippen LogP contribution in [0, 0.1) is 13.8 Å². The van der Waals surface area contributed by atoms with Crippen molar-refractivity contribution in [1.82, 2.24) is 19.8 Å². The van der Waals surface area contributed by atoms with Crippen molar-refractivity contribution in [1.29, 1.82) is 0 Å². The highest BCUT2D eigenvalue weighted by Gasteiger charge is 2.22. The van der Waals surface area contributed by atoms with Crippen LogP contribution in [-0.2, 0) is 19.6 Å². The van der Waals surface area contributed by atoms with Crippen LogP contribution in [-0.4, -0.2) is 27.0 Å². The number of aromatic nitrogens is 2. The van der Waals surface area contributed by atoms with Crippen LogP contribution < -0.4 is 10.9 Å². The molecule has 0 radical (unpaired) electrons. The van der Waals surface area contributed by atoms with Gasteiger partial charge >= 0.3 is 6.03 Å². The molecule has 1 aliphatic heterocycles. The molecule has 0 atom stereocenters. The summed E-state index contributed by atoms with van der Waals surface area (Å²) < 4.78 is 2.21. The van der Waals surface area contributed by atoms with Gasteiger partial charge in [-0.25, -0.2) is 4.79 Å². The van der Waals surface area contributed by atoms with Gasteiger partial charge in [0.05, 0.1) is 13.1 Å². The third kappa shape index (κ3) is 3.32. The van der Waals surface area contributed by atoms with Crippen molar-refractivity contribution in [3.05, 3.63) is 68.2 Å². The lowest BCUT2D eigenvalue weighted by Gasteiger charge is -2.29. The predicted octanol–water partition coefficient (Wildman–Crippen LogP) is 3.33. The first-order chi connectivity index (χ1) is 12.9. The van der Waals surface area contributed by atoms with Crippen molar-refractivity contribution < 1.29 is 4.79 Å². The van der Waals surface area contributed by atoms with E-state index < -0.39 is 0 Å². The number of amides is 2. The molecular weight excluding hydrogens is 364 g/mol. The second kappa shape index (κ2) is 6.78. The van der Waals surface area contributed by atoms with Crippen molar-refractivity contribution in [3.63, 3.8) is 0 Å². The van der Waals surface area contributed by atoms with Crippen molar-refractivity contribution in [2.45, 2.75) is 33.5 Å². The van der Waals surface area contributed by atoms with Gasteiger partial charge in [0.15, 0.2) is 0 Å². The number of hydrogen-bond donors (Lipinski definition) is 2. The van der Waals surface area contributed by atoms with E-state index in [9.17, 15) is 9.59 Å². The van der Waals surface area contributed by atoms with E-state index in [0.29, 0.717) is 23.7 Å². The van der Waals surface area contributed by atoms with E-state index in [1.165, 1.54) is 0 Å². The highest BCUT2D eigenvalue weighted by atomic mass is 35.5. The van der Waals surface area contributed by atoms with Crippen LogP contribution in [0.4, 0.5) is 4.79 Å². The van der Waals surface area contributed by atoms with E-state index in [4.69, 9.17) is 11.6 Å². The Balaban J connectivity index is 1.48. The van der Waals surface area contributed by atoms with Gasteiger partial charge in [0, 0.05) is 46.0 Å². The lowest BCUT2D eigenvalue weighted by molar-refractivity contribution is 0.183. The fourth-order valence-electron chi connectivity index (χ4n) is 3.73. The molecule has 2 amide bonds. The third-order valence-electron chi connectivity index (χ3n) is 5.10. The van der Waals surface area contributed by atoms with Gasteiger partial charge in [-0.05, 0) is 43.7 Å². The maximum atomic E-state index is 12.6. The molecule has 0 spiro atoms. The van der Waals surface area contributed by atoms with E-state index in [-0.39, 0.29) is 18.1 Å². The number of urea groups is 1. The molecule has 2 N–H and O–H groups in total. The second-order valence-corrected chi connectivity index (χ2v) is 7.45. The highest BCUT2D eigenvalue weighted by Crippen LogP contribution is 2.26. The molecule has 0 bridgehead atoms. The van der Waals surface area contributed by atoms with Crippen LogP contribution in [0.3, 0.4) is 0 Å². The molecule has 0 saturated carbocycles. The first-order valence-corrected chi connectivity index (χ1v) is 9.30. The van der Waals surface area contributed by atoms with Crippen LogP contribution >= 0.6 is 11.6 Å². The van der Waals surface area contributed by atoms with E-state index in [2.05, 4.69) is 20.9 Å². The lowest BCUT2D eigenvalue weighted by Crippen LogP contribution is -2.44. The van der Waals surface area contributed by atoms with Gasteiger partial charge < -0.3 is 19.8 Å². The quantitative estimate of drug-likeness (QED) is 0.711. The van der Waals surface area contributed by atoms with Gasteiger partial charge in [0.1, 0.15) is 0 Å². The number of carbonyl (C=O) groups excluding carboxylic acids is 1. The number of aromatic amines is 1. The van der Waals surface area contributed by atoms with Gasteiger partial charge in [-0.3, -0.25) is 4.79 Å². The summed E-state index contributed by atoms with van der Waals surface area (Å²) in [6.45, 7) is 5.80. The average Bonchev–Trinajstić information content (AvgIpc) is 2.97. The Labute approximate surface area is 161 Å². The third-order valence-corrected chi connectivity index (χ3v) is 5.33. The molecule has 3 aromatic rings. The van der Waals surface area contributed by atoms with Crippen LogP contribution in [0.5, 0.6) is 0 Å². The Kier molecular flexibility index (Phi) is 4.44. The summed E-state index contributed by atoms with van der Waals surface area (Å²) in [4.78, 5) is 29.3. The van der Waals surface area contributed by atoms with Crippen molar-refractivity contribution in [2.24, 2.45) is 0 Å².